The molecule has 2 aliphatic rings. The fraction of sp³-hybridized carbons (Fsp3) is 0.696. The number of carbonyl (C=O) groups is 1. The van der Waals surface area contributed by atoms with Gasteiger partial charge in [-0.2, -0.15) is 0 Å². The van der Waals surface area contributed by atoms with Crippen LogP contribution < -0.4 is 0 Å². The van der Waals surface area contributed by atoms with Gasteiger partial charge in [-0.05, 0) is 5.56 Å². The lowest BCUT2D eigenvalue weighted by Gasteiger charge is -2.55. The summed E-state index contributed by atoms with van der Waals surface area (Å²) >= 11 is 0. The van der Waals surface area contributed by atoms with Crippen molar-refractivity contribution in [2.75, 3.05) is 13.2 Å². The first-order chi connectivity index (χ1) is 13.5. The first-order valence-corrected chi connectivity index (χ1v) is 12.5. The molecule has 3 rings (SSSR count). The first kappa shape index (κ1) is 22.6. The molecule has 29 heavy (non-hydrogen) atoms. The number of hydrogen-bond acceptors (Lipinski definition) is 5. The largest absolute Gasteiger partial charge is 0.391 e. The molecule has 0 saturated carbocycles. The van der Waals surface area contributed by atoms with Gasteiger partial charge in [0, 0.05) is 29.5 Å². The molecule has 2 aliphatic heterocycles. The van der Waals surface area contributed by atoms with Gasteiger partial charge in [-0.25, -0.2) is 0 Å². The van der Waals surface area contributed by atoms with Crippen molar-refractivity contribution in [2.45, 2.75) is 89.4 Å². The molecule has 0 spiro atoms. The van der Waals surface area contributed by atoms with E-state index < -0.39 is 14.7 Å². The summed E-state index contributed by atoms with van der Waals surface area (Å²) in [5, 5.41) is -0.192. The predicted molar refractivity (Wildman–Crippen MR) is 115 cm³/mol. The molecule has 0 aromatic heterocycles. The minimum absolute atomic E-state index is 0.0958. The fourth-order valence-electron chi connectivity index (χ4n) is 4.64. The summed E-state index contributed by atoms with van der Waals surface area (Å²) in [6.07, 6.45) is 0.145. The number of ketones is 1. The average molecular weight is 421 g/mol. The molecule has 0 amide bonds. The second-order valence-corrected chi connectivity index (χ2v) is 15.0. The number of ether oxygens (including phenoxy) is 2. The van der Waals surface area contributed by atoms with Crippen molar-refractivity contribution in [1.82, 2.24) is 0 Å². The Balaban J connectivity index is 1.56. The third-order valence-electron chi connectivity index (χ3n) is 5.89. The number of carbonyl (C=O) groups excluding carboxylic acids is 1. The Labute approximate surface area is 176 Å². The Morgan fingerprint density at radius 2 is 1.69 bits per heavy atom. The van der Waals surface area contributed by atoms with Crippen molar-refractivity contribution in [3.05, 3.63) is 35.9 Å². The van der Waals surface area contributed by atoms with Crippen LogP contribution in [0.2, 0.25) is 10.1 Å². The molecule has 1 aromatic rings. The van der Waals surface area contributed by atoms with Crippen molar-refractivity contribution in [3.8, 4) is 0 Å². The molecule has 2 saturated heterocycles. The number of rotatable bonds is 5. The van der Waals surface area contributed by atoms with Crippen LogP contribution in [0.1, 0.15) is 59.9 Å². The summed E-state index contributed by atoms with van der Waals surface area (Å²) in [6.45, 7) is 14.6. The summed E-state index contributed by atoms with van der Waals surface area (Å²) in [4.78, 5) is 12.7. The minimum Gasteiger partial charge on any atom is -0.391 e. The Morgan fingerprint density at radius 1 is 1.03 bits per heavy atom. The van der Waals surface area contributed by atoms with E-state index in [4.69, 9.17) is 18.3 Å². The molecule has 0 N–H and O–H groups in total. The summed E-state index contributed by atoms with van der Waals surface area (Å²) in [5.41, 5.74) is 1.13. The molecule has 1 aromatic carbocycles. The summed E-state index contributed by atoms with van der Waals surface area (Å²) < 4.78 is 25.0. The van der Waals surface area contributed by atoms with Crippen molar-refractivity contribution in [3.63, 3.8) is 0 Å². The van der Waals surface area contributed by atoms with Crippen LogP contribution in [0.25, 0.3) is 0 Å². The second-order valence-electron chi connectivity index (χ2n) is 10.2. The van der Waals surface area contributed by atoms with Crippen LogP contribution >= 0.6 is 0 Å². The van der Waals surface area contributed by atoms with Crippen LogP contribution in [0.3, 0.4) is 0 Å². The Bertz CT molecular complexity index is 677. The van der Waals surface area contributed by atoms with Crippen molar-refractivity contribution in [1.29, 1.82) is 0 Å². The molecule has 0 radical (unpaired) electrons. The third-order valence-corrected chi connectivity index (χ3v) is 11.1. The molecular weight excluding hydrogens is 384 g/mol. The molecule has 0 aliphatic carbocycles. The van der Waals surface area contributed by atoms with Crippen molar-refractivity contribution in [2.24, 2.45) is 0 Å². The second kappa shape index (κ2) is 8.59. The first-order valence-electron chi connectivity index (χ1n) is 10.7. The van der Waals surface area contributed by atoms with Crippen LogP contribution in [-0.2, 0) is 29.7 Å². The lowest BCUT2D eigenvalue weighted by Crippen LogP contribution is -2.67. The predicted octanol–water partition coefficient (Wildman–Crippen LogP) is 4.78. The zero-order valence-electron chi connectivity index (χ0n) is 18.7. The number of hydrogen-bond donors (Lipinski definition) is 0. The zero-order valence-corrected chi connectivity index (χ0v) is 19.7. The molecule has 2 fully saturated rings. The van der Waals surface area contributed by atoms with E-state index in [0.29, 0.717) is 32.7 Å². The van der Waals surface area contributed by atoms with Gasteiger partial charge < -0.3 is 18.3 Å². The Morgan fingerprint density at radius 3 is 2.31 bits per heavy atom. The van der Waals surface area contributed by atoms with E-state index in [2.05, 4.69) is 41.5 Å². The summed E-state index contributed by atoms with van der Waals surface area (Å²) in [5.74, 6) is 0.113. The quantitative estimate of drug-likeness (QED) is 0.507. The molecule has 2 heterocycles. The molecular formula is C23H36O5Si. The van der Waals surface area contributed by atoms with Crippen molar-refractivity contribution < 1.29 is 23.1 Å². The highest BCUT2D eigenvalue weighted by Crippen LogP contribution is 2.54. The van der Waals surface area contributed by atoms with Gasteiger partial charge in [-0.1, -0.05) is 71.9 Å². The molecule has 3 atom stereocenters. The van der Waals surface area contributed by atoms with E-state index in [0.717, 1.165) is 5.56 Å². The molecule has 162 valence electrons. The maximum absolute atomic E-state index is 12.7. The average Bonchev–Trinajstić information content (AvgIpc) is 2.64. The normalized spacial score (nSPS) is 27.5. The molecule has 0 unspecified atom stereocenters. The van der Waals surface area contributed by atoms with E-state index in [1.54, 1.807) is 0 Å². The number of Topliss-reactive ketones (excluding diaryl/α,β-unsaturated/α-hetero) is 1. The SMILES string of the molecule is CC(C)(C)[Si]1(C(C)(C)C)OC[C@H]2O[C@@H](CCOCc3ccccc3)C(=O)C[C@@H]2O1. The third kappa shape index (κ3) is 4.83. The molecule has 0 bridgehead atoms. The summed E-state index contributed by atoms with van der Waals surface area (Å²) in [6, 6.07) is 10.0. The van der Waals surface area contributed by atoms with E-state index in [9.17, 15) is 4.79 Å². The number of benzene rings is 1. The van der Waals surface area contributed by atoms with Gasteiger partial charge in [0.1, 0.15) is 12.2 Å². The molecule has 5 nitrogen and oxygen atoms in total. The van der Waals surface area contributed by atoms with Crippen LogP contribution in [0.15, 0.2) is 30.3 Å². The van der Waals surface area contributed by atoms with Gasteiger partial charge in [-0.15, -0.1) is 0 Å². The number of fused-ring (bicyclic) bond motifs is 1. The Kier molecular flexibility index (Phi) is 6.71. The zero-order chi connectivity index (χ0) is 21.3. The van der Waals surface area contributed by atoms with Crippen LogP contribution in [0.5, 0.6) is 0 Å². The van der Waals surface area contributed by atoms with Crippen LogP contribution in [0, 0.1) is 0 Å². The maximum Gasteiger partial charge on any atom is 0.349 e. The van der Waals surface area contributed by atoms with E-state index >= 15 is 0 Å². The van der Waals surface area contributed by atoms with Gasteiger partial charge in [0.05, 0.1) is 19.3 Å². The Hall–Kier alpha value is -1.05. The highest BCUT2D eigenvalue weighted by atomic mass is 28.4. The van der Waals surface area contributed by atoms with Gasteiger partial charge in [0.15, 0.2) is 5.78 Å². The van der Waals surface area contributed by atoms with Gasteiger partial charge in [0.25, 0.3) is 0 Å². The topological polar surface area (TPSA) is 54.0 Å². The van der Waals surface area contributed by atoms with Crippen molar-refractivity contribution >= 4 is 14.3 Å². The van der Waals surface area contributed by atoms with Gasteiger partial charge in [0.2, 0.25) is 0 Å². The lowest BCUT2D eigenvalue weighted by atomic mass is 9.98. The standard InChI is InChI=1S/C23H36O5Si/c1-22(2,3)29(23(4,5)6)26-16-21-20(28-29)14-18(24)19(27-21)12-13-25-15-17-10-8-7-9-11-17/h7-11,19-21H,12-16H2,1-6H3/t19-,20-,21+/m0/s1. The van der Waals surface area contributed by atoms with E-state index in [-0.39, 0.29) is 28.1 Å². The fourth-order valence-corrected chi connectivity index (χ4v) is 9.59. The molecule has 6 heteroatoms. The highest BCUT2D eigenvalue weighted by Gasteiger charge is 2.62. The monoisotopic (exact) mass is 420 g/mol. The van der Waals surface area contributed by atoms with E-state index in [1.807, 2.05) is 30.3 Å². The summed E-state index contributed by atoms with van der Waals surface area (Å²) in [7, 11) is -2.57. The van der Waals surface area contributed by atoms with Crippen LogP contribution in [-0.4, -0.2) is 45.9 Å². The smallest absolute Gasteiger partial charge is 0.349 e. The van der Waals surface area contributed by atoms with Gasteiger partial charge >= 0.3 is 8.56 Å². The van der Waals surface area contributed by atoms with E-state index in [1.165, 1.54) is 0 Å². The highest BCUT2D eigenvalue weighted by molar-refractivity contribution is 6.73. The lowest BCUT2D eigenvalue weighted by molar-refractivity contribution is -0.177. The van der Waals surface area contributed by atoms with Gasteiger partial charge in [-0.3, -0.25) is 4.79 Å². The van der Waals surface area contributed by atoms with Crippen LogP contribution in [0.4, 0.5) is 0 Å². The maximum atomic E-state index is 12.7. The minimum atomic E-state index is -2.57.